The summed E-state index contributed by atoms with van der Waals surface area (Å²) in [6.45, 7) is 2.71. The Morgan fingerprint density at radius 2 is 2.31 bits per heavy atom. The van der Waals surface area contributed by atoms with Crippen LogP contribution in [0.25, 0.3) is 10.2 Å². The number of hydrogen-bond acceptors (Lipinski definition) is 9. The van der Waals surface area contributed by atoms with E-state index in [0.29, 0.717) is 24.5 Å². The molecule has 1 aliphatic heterocycles. The van der Waals surface area contributed by atoms with Crippen LogP contribution in [0.5, 0.6) is 0 Å². The lowest BCUT2D eigenvalue weighted by atomic mass is 9.87. The van der Waals surface area contributed by atoms with Crippen LogP contribution in [0.4, 0.5) is 11.6 Å². The lowest BCUT2D eigenvalue weighted by Crippen LogP contribution is -2.61. The van der Waals surface area contributed by atoms with Gasteiger partial charge in [-0.3, -0.25) is 20.2 Å². The highest BCUT2D eigenvalue weighted by atomic mass is 35.5. The number of fused-ring (bicyclic) bond motifs is 1. The molecule has 3 heterocycles. The molecule has 168 valence electrons. The van der Waals surface area contributed by atoms with Gasteiger partial charge in [-0.1, -0.05) is 23.7 Å². The number of non-ortho nitro benzene ring substituents is 1. The molecule has 0 spiro atoms. The molecule has 0 radical (unpaired) electrons. The third kappa shape index (κ3) is 4.52. The van der Waals surface area contributed by atoms with E-state index in [1.807, 2.05) is 16.3 Å². The minimum absolute atomic E-state index is 0.000594. The summed E-state index contributed by atoms with van der Waals surface area (Å²) < 4.78 is 5.36. The fourth-order valence-corrected chi connectivity index (χ4v) is 4.98. The molecule has 1 aliphatic rings. The summed E-state index contributed by atoms with van der Waals surface area (Å²) in [6, 6.07) is 8.28. The zero-order chi connectivity index (χ0) is 22.7. The van der Waals surface area contributed by atoms with E-state index >= 15 is 0 Å². The summed E-state index contributed by atoms with van der Waals surface area (Å²) in [5.74, 6) is 0.140. The van der Waals surface area contributed by atoms with Gasteiger partial charge in [0.1, 0.15) is 15.9 Å². The molecule has 32 heavy (non-hydrogen) atoms. The second-order valence-corrected chi connectivity index (χ2v) is 8.91. The molecular weight excluding hydrogens is 454 g/mol. The smallest absolute Gasteiger partial charge is 0.326 e. The summed E-state index contributed by atoms with van der Waals surface area (Å²) in [5.41, 5.74) is -0.858. The van der Waals surface area contributed by atoms with Crippen LogP contribution >= 0.6 is 22.9 Å². The average molecular weight is 476 g/mol. The minimum atomic E-state index is -1.02. The van der Waals surface area contributed by atoms with Crippen LogP contribution in [0.3, 0.4) is 0 Å². The first kappa shape index (κ1) is 22.4. The van der Waals surface area contributed by atoms with Crippen LogP contribution < -0.4 is 10.2 Å². The molecule has 2 unspecified atom stereocenters. The Bertz CT molecular complexity index is 1140. The van der Waals surface area contributed by atoms with Crippen molar-refractivity contribution in [1.29, 1.82) is 0 Å². The van der Waals surface area contributed by atoms with Gasteiger partial charge in [-0.25, -0.2) is 9.97 Å². The topological polar surface area (TPSA) is 110 Å². The number of nitrogens with one attached hydrogen (secondary N) is 1. The third-order valence-corrected chi connectivity index (χ3v) is 6.72. The Morgan fingerprint density at radius 3 is 3.06 bits per heavy atom. The van der Waals surface area contributed by atoms with Gasteiger partial charge in [0.05, 0.1) is 11.5 Å². The van der Waals surface area contributed by atoms with Crippen molar-refractivity contribution in [1.82, 2.24) is 15.3 Å². The van der Waals surface area contributed by atoms with Gasteiger partial charge < -0.3 is 9.64 Å². The zero-order valence-corrected chi connectivity index (χ0v) is 18.9. The summed E-state index contributed by atoms with van der Waals surface area (Å²) in [5, 5.41) is 17.3. The number of rotatable bonds is 7. The zero-order valence-electron chi connectivity index (χ0n) is 17.4. The van der Waals surface area contributed by atoms with E-state index in [1.54, 1.807) is 25.3 Å². The highest BCUT2D eigenvalue weighted by molar-refractivity contribution is 7.16. The summed E-state index contributed by atoms with van der Waals surface area (Å²) in [6.07, 6.45) is 2.47. The fourth-order valence-electron chi connectivity index (χ4n) is 3.80. The van der Waals surface area contributed by atoms with E-state index in [4.69, 9.17) is 16.3 Å². The first-order valence-corrected chi connectivity index (χ1v) is 11.5. The van der Waals surface area contributed by atoms with Gasteiger partial charge in [-0.2, -0.15) is 0 Å². The lowest BCUT2D eigenvalue weighted by Gasteiger charge is -2.43. The third-order valence-electron chi connectivity index (χ3n) is 5.50. The number of carbonyl (C=O) groups is 1. The second kappa shape index (κ2) is 9.35. The number of anilines is 1. The number of hydrogen-bond donors (Lipinski definition) is 1. The van der Waals surface area contributed by atoms with Crippen LogP contribution in [0, 0.1) is 10.1 Å². The lowest BCUT2D eigenvalue weighted by molar-refractivity contribution is -0.384. The Balaban J connectivity index is 1.53. The normalized spacial score (nSPS) is 20.9. The molecule has 0 bridgehead atoms. The van der Waals surface area contributed by atoms with Crippen molar-refractivity contribution >= 4 is 50.8 Å². The second-order valence-electron chi connectivity index (χ2n) is 7.52. The molecule has 2 atom stereocenters. The van der Waals surface area contributed by atoms with E-state index < -0.39 is 16.0 Å². The predicted molar refractivity (Wildman–Crippen MR) is 123 cm³/mol. The largest absolute Gasteiger partial charge is 0.465 e. The number of thiophene rings is 1. The molecular formula is C21H22ClN5O4S. The summed E-state index contributed by atoms with van der Waals surface area (Å²) >= 11 is 8.26. The molecule has 1 fully saturated rings. The maximum absolute atomic E-state index is 12.9. The van der Waals surface area contributed by atoms with Gasteiger partial charge >= 0.3 is 5.97 Å². The number of halogens is 1. The quantitative estimate of drug-likeness (QED) is 0.180. The average Bonchev–Trinajstić information content (AvgIpc) is 3.26. The van der Waals surface area contributed by atoms with Crippen molar-refractivity contribution in [2.75, 3.05) is 18.1 Å². The van der Waals surface area contributed by atoms with Crippen LogP contribution in [-0.2, 0) is 16.1 Å². The minimum Gasteiger partial charge on any atom is -0.465 e. The Hall–Kier alpha value is -2.82. The van der Waals surface area contributed by atoms with Crippen molar-refractivity contribution in [3.8, 4) is 0 Å². The number of piperidine rings is 1. The van der Waals surface area contributed by atoms with E-state index in [-0.39, 0.29) is 31.2 Å². The number of nitro groups is 1. The number of benzene rings is 1. The SMILES string of the molecule is CCOC(=O)C1(NCc2cccc([N+](=O)[O-])c2)CCN(c2ncc3ccsc3n2)C(Cl)C1. The maximum atomic E-state index is 12.9. The number of nitrogens with zero attached hydrogens (tertiary/aromatic N) is 4. The monoisotopic (exact) mass is 475 g/mol. The number of esters is 1. The summed E-state index contributed by atoms with van der Waals surface area (Å²) in [7, 11) is 0. The molecule has 1 N–H and O–H groups in total. The number of aromatic nitrogens is 2. The Kier molecular flexibility index (Phi) is 6.54. The predicted octanol–water partition coefficient (Wildman–Crippen LogP) is 3.86. The molecule has 2 aromatic heterocycles. The molecule has 9 nitrogen and oxygen atoms in total. The van der Waals surface area contributed by atoms with Gasteiger partial charge in [-0.15, -0.1) is 11.3 Å². The van der Waals surface area contributed by atoms with Gasteiger partial charge in [0, 0.05) is 43.2 Å². The van der Waals surface area contributed by atoms with Gasteiger partial charge in [0.15, 0.2) is 0 Å². The van der Waals surface area contributed by atoms with Gasteiger partial charge in [0.25, 0.3) is 5.69 Å². The van der Waals surface area contributed by atoms with E-state index in [9.17, 15) is 14.9 Å². The molecule has 0 saturated carbocycles. The van der Waals surface area contributed by atoms with Crippen LogP contribution in [0.15, 0.2) is 41.9 Å². The number of ether oxygens (including phenoxy) is 1. The molecule has 4 rings (SSSR count). The van der Waals surface area contributed by atoms with Crippen molar-refractivity contribution in [3.63, 3.8) is 0 Å². The molecule has 3 aromatic rings. The molecule has 1 aromatic carbocycles. The molecule has 0 amide bonds. The highest BCUT2D eigenvalue weighted by Crippen LogP contribution is 2.34. The first-order valence-electron chi connectivity index (χ1n) is 10.2. The van der Waals surface area contributed by atoms with Gasteiger partial charge in [0.2, 0.25) is 5.95 Å². The van der Waals surface area contributed by atoms with Crippen LogP contribution in [-0.4, -0.2) is 45.1 Å². The number of nitro benzene ring substituents is 1. The Labute approximate surface area is 193 Å². The molecule has 1 saturated heterocycles. The van der Waals surface area contributed by atoms with Crippen LogP contribution in [0.1, 0.15) is 25.3 Å². The first-order chi connectivity index (χ1) is 15.4. The van der Waals surface area contributed by atoms with E-state index in [0.717, 1.165) is 10.2 Å². The Morgan fingerprint density at radius 1 is 1.47 bits per heavy atom. The van der Waals surface area contributed by atoms with Crippen molar-refractivity contribution in [2.24, 2.45) is 0 Å². The standard InChI is InChI=1S/C21H22ClN5O4S/c1-2-31-19(28)21(24-12-14-4-3-5-16(10-14)27(29)30)7-8-26(17(22)11-21)20-23-13-15-6-9-32-18(15)25-20/h3-6,9-10,13,17,24H,2,7-8,11-12H2,1H3. The fraction of sp³-hybridized carbons (Fsp3) is 0.381. The van der Waals surface area contributed by atoms with Gasteiger partial charge in [-0.05, 0) is 30.4 Å². The highest BCUT2D eigenvalue weighted by Gasteiger charge is 2.46. The number of carbonyl (C=O) groups excluding carboxylic acids is 1. The maximum Gasteiger partial charge on any atom is 0.326 e. The van der Waals surface area contributed by atoms with E-state index in [2.05, 4.69) is 15.3 Å². The van der Waals surface area contributed by atoms with Crippen molar-refractivity contribution < 1.29 is 14.5 Å². The number of alkyl halides is 1. The molecule has 11 heteroatoms. The molecule has 0 aliphatic carbocycles. The van der Waals surface area contributed by atoms with Crippen molar-refractivity contribution in [3.05, 3.63) is 57.6 Å². The van der Waals surface area contributed by atoms with E-state index in [1.165, 1.54) is 23.5 Å². The summed E-state index contributed by atoms with van der Waals surface area (Å²) in [4.78, 5) is 35.4. The van der Waals surface area contributed by atoms with Crippen LogP contribution in [0.2, 0.25) is 0 Å². The van der Waals surface area contributed by atoms with Crippen molar-refractivity contribution in [2.45, 2.75) is 37.4 Å².